The van der Waals surface area contributed by atoms with Crippen LogP contribution in [0.1, 0.15) is 37.3 Å². The summed E-state index contributed by atoms with van der Waals surface area (Å²) in [4.78, 5) is 18.8. The first-order valence-corrected chi connectivity index (χ1v) is 11.2. The van der Waals surface area contributed by atoms with Gasteiger partial charge in [0.05, 0.1) is 6.54 Å². The Hall–Kier alpha value is -3.02. The number of carbonyl (C=O) groups excluding carboxylic acids is 1. The largest absolute Gasteiger partial charge is 0.489 e. The van der Waals surface area contributed by atoms with Crippen molar-refractivity contribution in [2.24, 2.45) is 10.9 Å². The van der Waals surface area contributed by atoms with Gasteiger partial charge in [-0.1, -0.05) is 42.5 Å². The van der Waals surface area contributed by atoms with Crippen LogP contribution < -0.4 is 15.4 Å². The van der Waals surface area contributed by atoms with Gasteiger partial charge < -0.3 is 20.3 Å². The van der Waals surface area contributed by atoms with Crippen molar-refractivity contribution in [3.05, 3.63) is 65.7 Å². The van der Waals surface area contributed by atoms with Crippen LogP contribution in [-0.4, -0.2) is 43.4 Å². The summed E-state index contributed by atoms with van der Waals surface area (Å²) in [5, 5.41) is 6.14. The van der Waals surface area contributed by atoms with Crippen molar-refractivity contribution >= 4 is 11.9 Å². The van der Waals surface area contributed by atoms with E-state index in [0.29, 0.717) is 25.5 Å². The Balaban J connectivity index is 1.51. The lowest BCUT2D eigenvalue weighted by molar-refractivity contribution is -0.121. The predicted molar refractivity (Wildman–Crippen MR) is 125 cm³/mol. The van der Waals surface area contributed by atoms with E-state index in [-0.39, 0.29) is 5.91 Å². The highest BCUT2D eigenvalue weighted by Gasteiger charge is 2.23. The van der Waals surface area contributed by atoms with Crippen LogP contribution in [-0.2, 0) is 17.9 Å². The first kappa shape index (κ1) is 22.7. The number of carbonyl (C=O) groups is 1. The molecular formula is C25H34N4O2. The number of hydrogen-bond donors (Lipinski definition) is 2. The average Bonchev–Trinajstić information content (AvgIpc) is 2.82. The number of nitrogens with one attached hydrogen (secondary N) is 2. The summed E-state index contributed by atoms with van der Waals surface area (Å²) in [5.74, 6) is 2.43. The first-order chi connectivity index (χ1) is 15.2. The SMILES string of the molecule is CCNC(=NCc1ccc(COc2ccccc2)cc1)N1CCC(CC(=O)NC)CC1. The van der Waals surface area contributed by atoms with Gasteiger partial charge in [0.1, 0.15) is 12.4 Å². The highest BCUT2D eigenvalue weighted by Crippen LogP contribution is 2.20. The predicted octanol–water partition coefficient (Wildman–Crippen LogP) is 3.58. The molecule has 31 heavy (non-hydrogen) atoms. The van der Waals surface area contributed by atoms with Gasteiger partial charge in [-0.3, -0.25) is 4.79 Å². The molecule has 1 heterocycles. The molecule has 166 valence electrons. The van der Waals surface area contributed by atoms with Gasteiger partial charge in [-0.2, -0.15) is 0 Å². The molecule has 3 rings (SSSR count). The van der Waals surface area contributed by atoms with Crippen molar-refractivity contribution < 1.29 is 9.53 Å². The monoisotopic (exact) mass is 422 g/mol. The van der Waals surface area contributed by atoms with E-state index in [2.05, 4.69) is 46.7 Å². The van der Waals surface area contributed by atoms with E-state index in [4.69, 9.17) is 9.73 Å². The number of rotatable bonds is 8. The zero-order valence-electron chi connectivity index (χ0n) is 18.6. The van der Waals surface area contributed by atoms with Gasteiger partial charge in [-0.05, 0) is 48.9 Å². The number of nitrogens with zero attached hydrogens (tertiary/aromatic N) is 2. The zero-order chi connectivity index (χ0) is 21.9. The third kappa shape index (κ3) is 7.31. The molecule has 0 unspecified atom stereocenters. The molecule has 0 atom stereocenters. The lowest BCUT2D eigenvalue weighted by Crippen LogP contribution is -2.46. The highest BCUT2D eigenvalue weighted by atomic mass is 16.5. The smallest absolute Gasteiger partial charge is 0.220 e. The summed E-state index contributed by atoms with van der Waals surface area (Å²) in [6, 6.07) is 18.3. The van der Waals surface area contributed by atoms with Gasteiger partial charge in [0.15, 0.2) is 5.96 Å². The number of amides is 1. The maximum atomic E-state index is 11.6. The molecule has 6 heteroatoms. The molecule has 1 aliphatic rings. The van der Waals surface area contributed by atoms with Crippen LogP contribution in [0.4, 0.5) is 0 Å². The van der Waals surface area contributed by atoms with Gasteiger partial charge in [0.2, 0.25) is 5.91 Å². The fraction of sp³-hybridized carbons (Fsp3) is 0.440. The van der Waals surface area contributed by atoms with E-state index in [9.17, 15) is 4.79 Å². The molecule has 0 aliphatic carbocycles. The number of piperidine rings is 1. The van der Waals surface area contributed by atoms with E-state index in [1.807, 2.05) is 30.3 Å². The summed E-state index contributed by atoms with van der Waals surface area (Å²) in [5.41, 5.74) is 2.31. The third-order valence-electron chi connectivity index (χ3n) is 5.58. The highest BCUT2D eigenvalue weighted by molar-refractivity contribution is 5.80. The Bertz CT molecular complexity index is 828. The molecule has 1 fully saturated rings. The topological polar surface area (TPSA) is 66.0 Å². The van der Waals surface area contributed by atoms with E-state index < -0.39 is 0 Å². The number of aliphatic imine (C=N–C) groups is 1. The number of para-hydroxylation sites is 1. The maximum absolute atomic E-state index is 11.6. The molecule has 1 amide bonds. The van der Waals surface area contributed by atoms with Crippen molar-refractivity contribution in [1.82, 2.24) is 15.5 Å². The second kappa shape index (κ2) is 12.0. The van der Waals surface area contributed by atoms with Crippen molar-refractivity contribution in [3.8, 4) is 5.75 Å². The quantitative estimate of drug-likeness (QED) is 0.504. The minimum Gasteiger partial charge on any atom is -0.489 e. The summed E-state index contributed by atoms with van der Waals surface area (Å²) in [7, 11) is 1.70. The maximum Gasteiger partial charge on any atom is 0.220 e. The Kier molecular flexibility index (Phi) is 8.76. The van der Waals surface area contributed by atoms with E-state index in [1.54, 1.807) is 7.05 Å². The Labute approximate surface area is 185 Å². The Morgan fingerprint density at radius 2 is 1.74 bits per heavy atom. The van der Waals surface area contributed by atoms with Crippen molar-refractivity contribution in [1.29, 1.82) is 0 Å². The van der Waals surface area contributed by atoms with Crippen molar-refractivity contribution in [3.63, 3.8) is 0 Å². The van der Waals surface area contributed by atoms with Crippen LogP contribution in [0, 0.1) is 5.92 Å². The number of guanidine groups is 1. The van der Waals surface area contributed by atoms with Crippen LogP contribution in [0.3, 0.4) is 0 Å². The van der Waals surface area contributed by atoms with Crippen LogP contribution >= 0.6 is 0 Å². The summed E-state index contributed by atoms with van der Waals surface area (Å²) in [6.07, 6.45) is 2.67. The minimum atomic E-state index is 0.136. The first-order valence-electron chi connectivity index (χ1n) is 11.2. The molecule has 0 aromatic heterocycles. The molecule has 2 aromatic rings. The molecule has 1 saturated heterocycles. The molecule has 0 bridgehead atoms. The molecular weight excluding hydrogens is 388 g/mol. The average molecular weight is 423 g/mol. The van der Waals surface area contributed by atoms with Gasteiger partial charge in [0.25, 0.3) is 0 Å². The number of ether oxygens (including phenoxy) is 1. The van der Waals surface area contributed by atoms with Crippen LogP contribution in [0.25, 0.3) is 0 Å². The molecule has 0 saturated carbocycles. The second-order valence-electron chi connectivity index (χ2n) is 7.90. The standard InChI is InChI=1S/C25H34N4O2/c1-3-27-25(29-15-13-20(14-16-29)17-24(30)26-2)28-18-21-9-11-22(12-10-21)19-31-23-7-5-4-6-8-23/h4-12,20H,3,13-19H2,1-2H3,(H,26,30)(H,27,28). The van der Waals surface area contributed by atoms with Crippen LogP contribution in [0.5, 0.6) is 5.75 Å². The normalized spacial score (nSPS) is 14.9. The lowest BCUT2D eigenvalue weighted by atomic mass is 9.93. The fourth-order valence-corrected chi connectivity index (χ4v) is 3.73. The van der Waals surface area contributed by atoms with Gasteiger partial charge in [-0.25, -0.2) is 4.99 Å². The zero-order valence-corrected chi connectivity index (χ0v) is 18.6. The fourth-order valence-electron chi connectivity index (χ4n) is 3.73. The molecule has 2 aromatic carbocycles. The molecule has 0 spiro atoms. The van der Waals surface area contributed by atoms with Gasteiger partial charge in [-0.15, -0.1) is 0 Å². The number of benzene rings is 2. The van der Waals surface area contributed by atoms with Gasteiger partial charge in [0, 0.05) is 33.1 Å². The van der Waals surface area contributed by atoms with E-state index in [1.165, 1.54) is 5.56 Å². The van der Waals surface area contributed by atoms with Crippen molar-refractivity contribution in [2.45, 2.75) is 39.3 Å². The third-order valence-corrected chi connectivity index (χ3v) is 5.58. The van der Waals surface area contributed by atoms with Crippen LogP contribution in [0.15, 0.2) is 59.6 Å². The van der Waals surface area contributed by atoms with E-state index in [0.717, 1.165) is 49.7 Å². The van der Waals surface area contributed by atoms with E-state index >= 15 is 0 Å². The minimum absolute atomic E-state index is 0.136. The summed E-state index contributed by atoms with van der Waals surface area (Å²) < 4.78 is 5.81. The van der Waals surface area contributed by atoms with Crippen molar-refractivity contribution in [2.75, 3.05) is 26.7 Å². The number of hydrogen-bond acceptors (Lipinski definition) is 3. The van der Waals surface area contributed by atoms with Crippen LogP contribution in [0.2, 0.25) is 0 Å². The molecule has 0 radical (unpaired) electrons. The second-order valence-corrected chi connectivity index (χ2v) is 7.90. The Morgan fingerprint density at radius 3 is 2.39 bits per heavy atom. The molecule has 1 aliphatic heterocycles. The summed E-state index contributed by atoms with van der Waals surface area (Å²) >= 11 is 0. The lowest BCUT2D eigenvalue weighted by Gasteiger charge is -2.34. The molecule has 2 N–H and O–H groups in total. The number of likely N-dealkylation sites (tertiary alicyclic amines) is 1. The van der Waals surface area contributed by atoms with Gasteiger partial charge >= 0.3 is 0 Å². The Morgan fingerprint density at radius 1 is 1.06 bits per heavy atom. The summed E-state index contributed by atoms with van der Waals surface area (Å²) in [6.45, 7) is 6.00. The molecule has 6 nitrogen and oxygen atoms in total.